The van der Waals surface area contributed by atoms with Crippen molar-refractivity contribution < 1.29 is 19.1 Å². The summed E-state index contributed by atoms with van der Waals surface area (Å²) in [6.45, 7) is 5.20. The van der Waals surface area contributed by atoms with Gasteiger partial charge in [0.25, 0.3) is 0 Å². The summed E-state index contributed by atoms with van der Waals surface area (Å²) in [4.78, 5) is 22.6. The van der Waals surface area contributed by atoms with Crippen molar-refractivity contribution >= 4 is 11.9 Å². The minimum absolute atomic E-state index is 0.000537. The number of nitriles is 1. The standard InChI is InChI=1S/C11H17NO4/c1-5-16-10(14)8(7-12)11(2,3)6-9(13)15-4/h8H,5-6H2,1-4H3. The number of nitrogens with zero attached hydrogens (tertiary/aromatic N) is 1. The largest absolute Gasteiger partial charge is 0.469 e. The second kappa shape index (κ2) is 6.11. The van der Waals surface area contributed by atoms with Gasteiger partial charge >= 0.3 is 11.9 Å². The lowest BCUT2D eigenvalue weighted by atomic mass is 9.77. The highest BCUT2D eigenvalue weighted by Gasteiger charge is 2.38. The van der Waals surface area contributed by atoms with Crippen LogP contribution in [0.3, 0.4) is 0 Å². The van der Waals surface area contributed by atoms with Crippen LogP contribution in [-0.4, -0.2) is 25.7 Å². The molecule has 0 aliphatic carbocycles. The van der Waals surface area contributed by atoms with Crippen molar-refractivity contribution in [3.8, 4) is 6.07 Å². The molecule has 0 aromatic rings. The number of hydrogen-bond donors (Lipinski definition) is 0. The van der Waals surface area contributed by atoms with Crippen molar-refractivity contribution in [3.05, 3.63) is 0 Å². The molecule has 0 rings (SSSR count). The van der Waals surface area contributed by atoms with Gasteiger partial charge in [0.1, 0.15) is 5.92 Å². The number of esters is 2. The quantitative estimate of drug-likeness (QED) is 0.661. The summed E-state index contributed by atoms with van der Waals surface area (Å²) in [6.07, 6.45) is 0.000537. The lowest BCUT2D eigenvalue weighted by Gasteiger charge is -2.26. The molecule has 0 fully saturated rings. The third-order valence-corrected chi connectivity index (χ3v) is 2.26. The molecule has 0 amide bonds. The molecule has 16 heavy (non-hydrogen) atoms. The fourth-order valence-corrected chi connectivity index (χ4v) is 1.32. The molecule has 0 heterocycles. The Balaban J connectivity index is 4.74. The van der Waals surface area contributed by atoms with E-state index in [4.69, 9.17) is 10.00 Å². The molecule has 0 bridgehead atoms. The first-order chi connectivity index (χ1) is 7.38. The number of carbonyl (C=O) groups excluding carboxylic acids is 2. The van der Waals surface area contributed by atoms with Gasteiger partial charge in [0.05, 0.1) is 26.2 Å². The van der Waals surface area contributed by atoms with E-state index in [9.17, 15) is 9.59 Å². The number of methoxy groups -OCH3 is 1. The highest BCUT2D eigenvalue weighted by atomic mass is 16.5. The van der Waals surface area contributed by atoms with Crippen LogP contribution in [0, 0.1) is 22.7 Å². The molecule has 0 aromatic carbocycles. The Morgan fingerprint density at radius 2 is 2.00 bits per heavy atom. The van der Waals surface area contributed by atoms with E-state index in [0.29, 0.717) is 0 Å². The first-order valence-corrected chi connectivity index (χ1v) is 5.02. The van der Waals surface area contributed by atoms with Gasteiger partial charge in [0.2, 0.25) is 0 Å². The van der Waals surface area contributed by atoms with Gasteiger partial charge in [0, 0.05) is 5.41 Å². The normalized spacial score (nSPS) is 12.4. The van der Waals surface area contributed by atoms with Crippen molar-refractivity contribution in [2.45, 2.75) is 27.2 Å². The lowest BCUT2D eigenvalue weighted by molar-refractivity contribution is -0.151. The summed E-state index contributed by atoms with van der Waals surface area (Å²) in [6, 6.07) is 1.87. The van der Waals surface area contributed by atoms with Crippen LogP contribution in [0.25, 0.3) is 0 Å². The summed E-state index contributed by atoms with van der Waals surface area (Å²) >= 11 is 0. The van der Waals surface area contributed by atoms with Crippen molar-refractivity contribution in [2.75, 3.05) is 13.7 Å². The Kier molecular flexibility index (Phi) is 5.51. The highest BCUT2D eigenvalue weighted by Crippen LogP contribution is 2.31. The molecule has 0 N–H and O–H groups in total. The van der Waals surface area contributed by atoms with E-state index in [1.165, 1.54) is 7.11 Å². The maximum Gasteiger partial charge on any atom is 0.323 e. The molecule has 90 valence electrons. The van der Waals surface area contributed by atoms with Crippen molar-refractivity contribution in [1.82, 2.24) is 0 Å². The number of ether oxygens (including phenoxy) is 2. The van der Waals surface area contributed by atoms with Gasteiger partial charge < -0.3 is 9.47 Å². The maximum atomic E-state index is 11.5. The van der Waals surface area contributed by atoms with E-state index in [1.54, 1.807) is 20.8 Å². The second-order valence-electron chi connectivity index (χ2n) is 4.06. The molecule has 0 saturated heterocycles. The fraction of sp³-hybridized carbons (Fsp3) is 0.727. The number of carbonyl (C=O) groups is 2. The Morgan fingerprint density at radius 1 is 1.44 bits per heavy atom. The van der Waals surface area contributed by atoms with E-state index >= 15 is 0 Å². The molecule has 0 saturated carbocycles. The van der Waals surface area contributed by atoms with E-state index in [-0.39, 0.29) is 13.0 Å². The summed E-state index contributed by atoms with van der Waals surface area (Å²) in [5.41, 5.74) is -0.798. The van der Waals surface area contributed by atoms with Crippen LogP contribution in [0.15, 0.2) is 0 Å². The SMILES string of the molecule is CCOC(=O)C(C#N)C(C)(C)CC(=O)OC. The zero-order chi connectivity index (χ0) is 12.8. The van der Waals surface area contributed by atoms with Crippen molar-refractivity contribution in [2.24, 2.45) is 11.3 Å². The molecule has 5 heteroatoms. The minimum atomic E-state index is -0.966. The molecule has 0 aliphatic rings. The van der Waals surface area contributed by atoms with Crippen LogP contribution >= 0.6 is 0 Å². The van der Waals surface area contributed by atoms with Gasteiger partial charge in [-0.25, -0.2) is 0 Å². The molecule has 0 aromatic heterocycles. The monoisotopic (exact) mass is 227 g/mol. The first kappa shape index (κ1) is 14.4. The van der Waals surface area contributed by atoms with Gasteiger partial charge in [-0.15, -0.1) is 0 Å². The Morgan fingerprint density at radius 3 is 2.38 bits per heavy atom. The van der Waals surface area contributed by atoms with Crippen molar-refractivity contribution in [1.29, 1.82) is 5.26 Å². The molecule has 0 aliphatic heterocycles. The lowest BCUT2D eigenvalue weighted by Crippen LogP contribution is -2.33. The molecule has 0 radical (unpaired) electrons. The first-order valence-electron chi connectivity index (χ1n) is 5.02. The zero-order valence-electron chi connectivity index (χ0n) is 10.1. The molecule has 1 unspecified atom stereocenters. The Labute approximate surface area is 95.3 Å². The Hall–Kier alpha value is -1.57. The van der Waals surface area contributed by atoms with Crippen LogP contribution in [0.4, 0.5) is 0 Å². The minimum Gasteiger partial charge on any atom is -0.469 e. The average molecular weight is 227 g/mol. The van der Waals surface area contributed by atoms with Crippen LogP contribution < -0.4 is 0 Å². The van der Waals surface area contributed by atoms with Gasteiger partial charge in [-0.2, -0.15) is 5.26 Å². The molecule has 5 nitrogen and oxygen atoms in total. The van der Waals surface area contributed by atoms with Crippen LogP contribution in [0.2, 0.25) is 0 Å². The smallest absolute Gasteiger partial charge is 0.323 e. The van der Waals surface area contributed by atoms with Crippen molar-refractivity contribution in [3.63, 3.8) is 0 Å². The number of rotatable bonds is 5. The van der Waals surface area contributed by atoms with Gasteiger partial charge in [-0.3, -0.25) is 9.59 Å². The second-order valence-corrected chi connectivity index (χ2v) is 4.06. The highest BCUT2D eigenvalue weighted by molar-refractivity contribution is 5.78. The van der Waals surface area contributed by atoms with Gasteiger partial charge in [0.15, 0.2) is 0 Å². The van der Waals surface area contributed by atoms with Crippen LogP contribution in [0.1, 0.15) is 27.2 Å². The van der Waals surface area contributed by atoms with Gasteiger partial charge in [-0.05, 0) is 6.92 Å². The average Bonchev–Trinajstić information content (AvgIpc) is 2.17. The number of hydrogen-bond acceptors (Lipinski definition) is 5. The van der Waals surface area contributed by atoms with E-state index in [1.807, 2.05) is 6.07 Å². The summed E-state index contributed by atoms with van der Waals surface area (Å²) in [5.74, 6) is -2.01. The summed E-state index contributed by atoms with van der Waals surface area (Å²) in [5, 5.41) is 8.94. The maximum absolute atomic E-state index is 11.5. The predicted octanol–water partition coefficient (Wildman–Crippen LogP) is 1.28. The topological polar surface area (TPSA) is 76.4 Å². The third-order valence-electron chi connectivity index (χ3n) is 2.26. The summed E-state index contributed by atoms with van der Waals surface area (Å²) < 4.78 is 9.30. The Bertz CT molecular complexity index is 304. The molecule has 0 spiro atoms. The fourth-order valence-electron chi connectivity index (χ4n) is 1.32. The van der Waals surface area contributed by atoms with Gasteiger partial charge in [-0.1, -0.05) is 13.8 Å². The van der Waals surface area contributed by atoms with E-state index in [0.717, 1.165) is 0 Å². The van der Waals surface area contributed by atoms with E-state index < -0.39 is 23.3 Å². The van der Waals surface area contributed by atoms with E-state index in [2.05, 4.69) is 4.74 Å². The molecule has 1 atom stereocenters. The zero-order valence-corrected chi connectivity index (χ0v) is 10.1. The molecular weight excluding hydrogens is 210 g/mol. The van der Waals surface area contributed by atoms with Crippen LogP contribution in [-0.2, 0) is 19.1 Å². The third kappa shape index (κ3) is 3.89. The summed E-state index contributed by atoms with van der Waals surface area (Å²) in [7, 11) is 1.27. The molecular formula is C11H17NO4. The predicted molar refractivity (Wildman–Crippen MR) is 56.2 cm³/mol. The van der Waals surface area contributed by atoms with Crippen LogP contribution in [0.5, 0.6) is 0 Å².